The first-order valence-electron chi connectivity index (χ1n) is 8.49. The Morgan fingerprint density at radius 3 is 2.36 bits per heavy atom. The zero-order chi connectivity index (χ0) is 17.5. The van der Waals surface area contributed by atoms with E-state index in [1.165, 1.54) is 0 Å². The Balaban J connectivity index is 1.82. The van der Waals surface area contributed by atoms with Gasteiger partial charge in [-0.05, 0) is 25.0 Å². The Labute approximate surface area is 147 Å². The molecular weight excluding hydrogens is 314 g/mol. The lowest BCUT2D eigenvalue weighted by Crippen LogP contribution is -2.41. The third-order valence-electron chi connectivity index (χ3n) is 4.15. The second-order valence-electron chi connectivity index (χ2n) is 6.00. The molecule has 2 aromatic rings. The van der Waals surface area contributed by atoms with Gasteiger partial charge in [0, 0.05) is 18.5 Å². The lowest BCUT2D eigenvalue weighted by Gasteiger charge is -2.26. The molecule has 1 saturated heterocycles. The minimum Gasteiger partial charge on any atom is -0.337 e. The van der Waals surface area contributed by atoms with Crippen LogP contribution in [0.15, 0.2) is 65.8 Å². The van der Waals surface area contributed by atoms with Crippen molar-refractivity contribution in [2.24, 2.45) is 5.10 Å². The van der Waals surface area contributed by atoms with Crippen LogP contribution in [-0.2, 0) is 4.79 Å². The van der Waals surface area contributed by atoms with Gasteiger partial charge in [0.2, 0.25) is 11.7 Å². The molecule has 2 aromatic carbocycles. The predicted octanol–water partition coefficient (Wildman–Crippen LogP) is 3.35. The molecule has 0 atom stereocenters. The molecule has 0 aromatic heterocycles. The maximum Gasteiger partial charge on any atom is 0.222 e. The van der Waals surface area contributed by atoms with E-state index in [0.29, 0.717) is 24.2 Å². The van der Waals surface area contributed by atoms with Crippen LogP contribution < -0.4 is 5.43 Å². The number of nitrogens with zero attached hydrogens (tertiary/aromatic N) is 2. The average Bonchev–Trinajstić information content (AvgIpc) is 2.67. The van der Waals surface area contributed by atoms with Crippen molar-refractivity contribution >= 4 is 23.1 Å². The number of amides is 1. The maximum atomic E-state index is 12.8. The predicted molar refractivity (Wildman–Crippen MR) is 98.7 cm³/mol. The summed E-state index contributed by atoms with van der Waals surface area (Å²) in [4.78, 5) is 26.7. The van der Waals surface area contributed by atoms with E-state index in [1.807, 2.05) is 48.5 Å². The van der Waals surface area contributed by atoms with Crippen LogP contribution >= 0.6 is 0 Å². The van der Waals surface area contributed by atoms with Gasteiger partial charge >= 0.3 is 0 Å². The van der Waals surface area contributed by atoms with Crippen molar-refractivity contribution in [1.29, 1.82) is 0 Å². The summed E-state index contributed by atoms with van der Waals surface area (Å²) in [7, 11) is 0. The molecule has 1 N–H and O–H groups in total. The standard InChI is InChI=1S/C20H21N3O2/c24-19-13-7-8-14-23(19)15-18(20(25)16-9-3-1-4-10-16)22-21-17-11-5-2-6-12-17/h1-6,9-12,21H,7-8,13-15H2/b22-18-. The van der Waals surface area contributed by atoms with E-state index in [2.05, 4.69) is 10.5 Å². The highest BCUT2D eigenvalue weighted by molar-refractivity contribution is 6.47. The van der Waals surface area contributed by atoms with Gasteiger partial charge in [-0.15, -0.1) is 0 Å². The molecule has 0 bridgehead atoms. The summed E-state index contributed by atoms with van der Waals surface area (Å²) in [6, 6.07) is 18.5. The third kappa shape index (κ3) is 4.53. The highest BCUT2D eigenvalue weighted by atomic mass is 16.2. The van der Waals surface area contributed by atoms with Crippen LogP contribution in [0, 0.1) is 0 Å². The zero-order valence-electron chi connectivity index (χ0n) is 14.0. The van der Waals surface area contributed by atoms with Crippen molar-refractivity contribution < 1.29 is 9.59 Å². The second-order valence-corrected chi connectivity index (χ2v) is 6.00. The quantitative estimate of drug-likeness (QED) is 0.500. The molecule has 128 valence electrons. The van der Waals surface area contributed by atoms with Crippen LogP contribution in [0.2, 0.25) is 0 Å². The Kier molecular flexibility index (Phi) is 5.57. The van der Waals surface area contributed by atoms with Crippen molar-refractivity contribution in [3.63, 3.8) is 0 Å². The van der Waals surface area contributed by atoms with E-state index in [1.54, 1.807) is 17.0 Å². The molecule has 1 aliphatic rings. The highest BCUT2D eigenvalue weighted by Crippen LogP contribution is 2.12. The van der Waals surface area contributed by atoms with Crippen LogP contribution in [0.5, 0.6) is 0 Å². The number of hydrogen-bond acceptors (Lipinski definition) is 4. The molecule has 3 rings (SSSR count). The van der Waals surface area contributed by atoms with Gasteiger partial charge in [0.1, 0.15) is 5.71 Å². The third-order valence-corrected chi connectivity index (χ3v) is 4.15. The Morgan fingerprint density at radius 1 is 1.00 bits per heavy atom. The fourth-order valence-corrected chi connectivity index (χ4v) is 2.77. The van der Waals surface area contributed by atoms with Gasteiger partial charge in [0.15, 0.2) is 0 Å². The smallest absolute Gasteiger partial charge is 0.222 e. The Hall–Kier alpha value is -2.95. The van der Waals surface area contributed by atoms with Crippen molar-refractivity contribution in [1.82, 2.24) is 4.90 Å². The summed E-state index contributed by atoms with van der Waals surface area (Å²) in [6.45, 7) is 0.900. The first-order valence-corrected chi connectivity index (χ1v) is 8.49. The highest BCUT2D eigenvalue weighted by Gasteiger charge is 2.23. The summed E-state index contributed by atoms with van der Waals surface area (Å²) >= 11 is 0. The van der Waals surface area contributed by atoms with Crippen LogP contribution in [0.1, 0.15) is 29.6 Å². The SMILES string of the molecule is O=C(/C(CN1CCCCC1=O)=N\Nc1ccccc1)c1ccccc1. The second kappa shape index (κ2) is 8.24. The molecule has 0 saturated carbocycles. The fraction of sp³-hybridized carbons (Fsp3) is 0.250. The van der Waals surface area contributed by atoms with Crippen molar-refractivity contribution in [3.05, 3.63) is 66.2 Å². The van der Waals surface area contributed by atoms with Crippen LogP contribution in [0.3, 0.4) is 0 Å². The number of anilines is 1. The van der Waals surface area contributed by atoms with Gasteiger partial charge in [-0.25, -0.2) is 0 Å². The number of rotatable bonds is 6. The molecule has 1 amide bonds. The largest absolute Gasteiger partial charge is 0.337 e. The summed E-state index contributed by atoms with van der Waals surface area (Å²) < 4.78 is 0. The summed E-state index contributed by atoms with van der Waals surface area (Å²) in [5.41, 5.74) is 4.63. The molecule has 1 aliphatic heterocycles. The zero-order valence-corrected chi connectivity index (χ0v) is 14.0. The number of Topliss-reactive ketones (excluding diaryl/α,β-unsaturated/α-hetero) is 1. The van der Waals surface area contributed by atoms with E-state index < -0.39 is 0 Å². The monoisotopic (exact) mass is 335 g/mol. The number of para-hydroxylation sites is 1. The molecule has 5 heteroatoms. The molecule has 0 aliphatic carbocycles. The number of piperidine rings is 1. The Morgan fingerprint density at radius 2 is 1.68 bits per heavy atom. The first kappa shape index (κ1) is 16.9. The molecule has 0 spiro atoms. The topological polar surface area (TPSA) is 61.8 Å². The number of carbonyl (C=O) groups excluding carboxylic acids is 2. The van der Waals surface area contributed by atoms with Crippen LogP contribution in [-0.4, -0.2) is 35.4 Å². The van der Waals surface area contributed by atoms with E-state index in [-0.39, 0.29) is 18.2 Å². The summed E-state index contributed by atoms with van der Waals surface area (Å²) in [6.07, 6.45) is 2.42. The number of ketones is 1. The normalized spacial score (nSPS) is 15.1. The minimum absolute atomic E-state index is 0.0829. The lowest BCUT2D eigenvalue weighted by molar-refractivity contribution is -0.132. The molecule has 5 nitrogen and oxygen atoms in total. The molecule has 0 unspecified atom stereocenters. The van der Waals surface area contributed by atoms with Gasteiger partial charge < -0.3 is 4.90 Å². The molecule has 1 heterocycles. The maximum absolute atomic E-state index is 12.8. The van der Waals surface area contributed by atoms with Gasteiger partial charge in [-0.1, -0.05) is 48.5 Å². The van der Waals surface area contributed by atoms with Crippen molar-refractivity contribution in [2.45, 2.75) is 19.3 Å². The molecular formula is C20H21N3O2. The van der Waals surface area contributed by atoms with Crippen LogP contribution in [0.4, 0.5) is 5.69 Å². The number of benzene rings is 2. The molecule has 1 fully saturated rings. The summed E-state index contributed by atoms with van der Waals surface area (Å²) in [5, 5.41) is 4.32. The van der Waals surface area contributed by atoms with Crippen molar-refractivity contribution in [2.75, 3.05) is 18.5 Å². The summed E-state index contributed by atoms with van der Waals surface area (Å²) in [5.74, 6) is -0.0815. The van der Waals surface area contributed by atoms with E-state index in [4.69, 9.17) is 0 Å². The average molecular weight is 335 g/mol. The fourth-order valence-electron chi connectivity index (χ4n) is 2.77. The van der Waals surface area contributed by atoms with E-state index in [9.17, 15) is 9.59 Å². The number of carbonyl (C=O) groups is 2. The number of hydrogen-bond donors (Lipinski definition) is 1. The van der Waals surface area contributed by atoms with Gasteiger partial charge in [-0.2, -0.15) is 5.10 Å². The molecule has 0 radical (unpaired) electrons. The van der Waals surface area contributed by atoms with Gasteiger partial charge in [-0.3, -0.25) is 15.0 Å². The van der Waals surface area contributed by atoms with Gasteiger partial charge in [0.25, 0.3) is 0 Å². The van der Waals surface area contributed by atoms with Crippen molar-refractivity contribution in [3.8, 4) is 0 Å². The van der Waals surface area contributed by atoms with E-state index in [0.717, 1.165) is 18.5 Å². The van der Waals surface area contributed by atoms with Crippen LogP contribution in [0.25, 0.3) is 0 Å². The lowest BCUT2D eigenvalue weighted by atomic mass is 10.0. The number of hydrazone groups is 1. The molecule has 25 heavy (non-hydrogen) atoms. The first-order chi connectivity index (χ1) is 12.2. The van der Waals surface area contributed by atoms with E-state index >= 15 is 0 Å². The van der Waals surface area contributed by atoms with Gasteiger partial charge in [0.05, 0.1) is 12.2 Å². The Bertz CT molecular complexity index is 757. The number of likely N-dealkylation sites (tertiary alicyclic amines) is 1. The minimum atomic E-state index is -0.164. The number of nitrogens with one attached hydrogen (secondary N) is 1.